The predicted octanol–water partition coefficient (Wildman–Crippen LogP) is 5.54. The molecule has 5 rings (SSSR count). The van der Waals surface area contributed by atoms with Gasteiger partial charge >= 0.3 is 6.09 Å². The molecule has 1 atom stereocenters. The van der Waals surface area contributed by atoms with Crippen LogP contribution in [0.15, 0.2) is 30.6 Å². The first-order chi connectivity index (χ1) is 17.9. The van der Waals surface area contributed by atoms with Gasteiger partial charge in [-0.25, -0.2) is 14.8 Å². The number of benzene rings is 1. The van der Waals surface area contributed by atoms with Crippen LogP contribution in [0.5, 0.6) is 0 Å². The summed E-state index contributed by atoms with van der Waals surface area (Å²) in [5, 5.41) is 32.3. The van der Waals surface area contributed by atoms with Gasteiger partial charge in [0.1, 0.15) is 29.7 Å². The lowest BCUT2D eigenvalue weighted by Gasteiger charge is -2.28. The fraction of sp³-hybridized carbons (Fsp3) is 0.429. The van der Waals surface area contributed by atoms with Gasteiger partial charge in [0.25, 0.3) is 0 Å². The Morgan fingerprint density at radius 2 is 2.05 bits per heavy atom. The minimum atomic E-state index is -1.59. The van der Waals surface area contributed by atoms with Crippen molar-refractivity contribution in [3.8, 4) is 6.07 Å². The highest BCUT2D eigenvalue weighted by molar-refractivity contribution is 6.76. The van der Waals surface area contributed by atoms with Crippen LogP contribution < -0.4 is 0 Å². The van der Waals surface area contributed by atoms with Gasteiger partial charge in [0.15, 0.2) is 5.65 Å². The number of aromatic nitrogens is 4. The molecule has 3 heterocycles. The Morgan fingerprint density at radius 3 is 2.68 bits per heavy atom. The maximum absolute atomic E-state index is 12.4. The van der Waals surface area contributed by atoms with Gasteiger partial charge < -0.3 is 14.9 Å². The van der Waals surface area contributed by atoms with Crippen molar-refractivity contribution in [2.45, 2.75) is 70.6 Å². The Morgan fingerprint density at radius 1 is 1.32 bits per heavy atom. The Labute approximate surface area is 222 Å². The molecule has 1 fully saturated rings. The number of ether oxygens (including phenoxy) is 1. The molecule has 0 radical (unpaired) electrons. The van der Waals surface area contributed by atoms with E-state index in [1.165, 1.54) is 17.0 Å². The third-order valence-electron chi connectivity index (χ3n) is 7.27. The molecule has 0 saturated heterocycles. The Balaban J connectivity index is 1.70. The summed E-state index contributed by atoms with van der Waals surface area (Å²) in [7, 11) is -1.31. The number of carbonyl (C=O) groups is 1. The second-order valence-corrected chi connectivity index (χ2v) is 17.2. The van der Waals surface area contributed by atoms with Gasteiger partial charge in [0, 0.05) is 38.0 Å². The van der Waals surface area contributed by atoms with Gasteiger partial charge in [-0.1, -0.05) is 25.7 Å². The maximum Gasteiger partial charge on any atom is 0.416 e. The summed E-state index contributed by atoms with van der Waals surface area (Å²) in [6.07, 6.45) is 3.96. The number of pyridine rings is 1. The number of aryl methyl sites for hydroxylation is 1. The number of fused-ring (bicyclic) bond motifs is 2. The van der Waals surface area contributed by atoms with Gasteiger partial charge in [-0.05, 0) is 61.9 Å². The Bertz CT molecular complexity index is 1600. The zero-order valence-corrected chi connectivity index (χ0v) is 23.4. The topological polar surface area (TPSA) is 126 Å². The van der Waals surface area contributed by atoms with Crippen LogP contribution in [0.1, 0.15) is 53.8 Å². The smallest absolute Gasteiger partial charge is 0.416 e. The van der Waals surface area contributed by atoms with Crippen molar-refractivity contribution >= 4 is 36.2 Å². The molecule has 198 valence electrons. The summed E-state index contributed by atoms with van der Waals surface area (Å²) in [5.74, 6) is 0.639. The van der Waals surface area contributed by atoms with Crippen molar-refractivity contribution in [1.29, 1.82) is 5.26 Å². The largest absolute Gasteiger partial charge is 0.464 e. The molecule has 0 amide bonds. The molecule has 0 bridgehead atoms. The molecule has 1 saturated carbocycles. The minimum Gasteiger partial charge on any atom is -0.464 e. The van der Waals surface area contributed by atoms with Crippen molar-refractivity contribution in [3.05, 3.63) is 58.7 Å². The number of hydrogen-bond donors (Lipinski definition) is 2. The molecule has 1 unspecified atom stereocenters. The molecule has 10 heteroatoms. The van der Waals surface area contributed by atoms with Gasteiger partial charge in [0.05, 0.1) is 11.1 Å². The Kier molecular flexibility index (Phi) is 6.42. The van der Waals surface area contributed by atoms with E-state index in [2.05, 4.69) is 30.7 Å². The monoisotopic (exact) mass is 531 g/mol. The molecule has 1 aliphatic rings. The van der Waals surface area contributed by atoms with Gasteiger partial charge in [-0.2, -0.15) is 5.26 Å². The number of carboxylic acid groups (broad SMARTS) is 1. The summed E-state index contributed by atoms with van der Waals surface area (Å²) in [4.78, 5) is 21.3. The summed E-state index contributed by atoms with van der Waals surface area (Å²) in [5.41, 5.74) is 2.85. The molecule has 4 aromatic rings. The van der Waals surface area contributed by atoms with E-state index in [0.29, 0.717) is 51.5 Å². The molecule has 38 heavy (non-hydrogen) atoms. The van der Waals surface area contributed by atoms with E-state index in [1.54, 1.807) is 23.6 Å². The molecule has 0 spiro atoms. The average Bonchev–Trinajstić information content (AvgIpc) is 3.48. The molecule has 9 nitrogen and oxygen atoms in total. The lowest BCUT2D eigenvalue weighted by atomic mass is 9.84. The summed E-state index contributed by atoms with van der Waals surface area (Å²) in [6, 6.07) is 8.52. The third-order valence-corrected chi connectivity index (χ3v) is 8.97. The van der Waals surface area contributed by atoms with Gasteiger partial charge in [-0.3, -0.25) is 9.13 Å². The predicted molar refractivity (Wildman–Crippen MR) is 147 cm³/mol. The molecular weight excluding hydrogens is 498 g/mol. The molecule has 3 aromatic heterocycles. The average molecular weight is 532 g/mol. The first-order valence-electron chi connectivity index (χ1n) is 12.9. The van der Waals surface area contributed by atoms with Gasteiger partial charge in [0.2, 0.25) is 0 Å². The van der Waals surface area contributed by atoms with Gasteiger partial charge in [-0.15, -0.1) is 0 Å². The van der Waals surface area contributed by atoms with E-state index in [0.717, 1.165) is 30.0 Å². The second-order valence-electron chi connectivity index (χ2n) is 11.6. The second kappa shape index (κ2) is 9.34. The van der Waals surface area contributed by atoms with E-state index in [1.807, 2.05) is 13.0 Å². The van der Waals surface area contributed by atoms with Crippen LogP contribution in [0.4, 0.5) is 4.79 Å². The van der Waals surface area contributed by atoms with Crippen LogP contribution in [0.25, 0.3) is 22.1 Å². The number of hydrogen-bond acceptors (Lipinski definition) is 6. The van der Waals surface area contributed by atoms with E-state index < -0.39 is 19.8 Å². The van der Waals surface area contributed by atoms with E-state index >= 15 is 0 Å². The number of rotatable bonds is 8. The van der Waals surface area contributed by atoms with Crippen LogP contribution >= 0.6 is 0 Å². The molecule has 1 aliphatic carbocycles. The molecule has 2 N–H and O–H groups in total. The Hall–Kier alpha value is -3.52. The summed E-state index contributed by atoms with van der Waals surface area (Å²) in [6.45, 7) is 11.2. The van der Waals surface area contributed by atoms with Crippen molar-refractivity contribution < 1.29 is 19.7 Å². The zero-order valence-electron chi connectivity index (χ0n) is 22.4. The van der Waals surface area contributed by atoms with Crippen LogP contribution in [0.3, 0.4) is 0 Å². The SMILES string of the molecule is Cc1cc(C2CC2)c(C(C)(O)c2nc3cc(C#N)cnc3n2COCC[Si](C)(C)C)c2ccn(C(=O)O)c12. The van der Waals surface area contributed by atoms with Crippen molar-refractivity contribution in [2.24, 2.45) is 0 Å². The normalized spacial score (nSPS) is 15.6. The number of nitriles is 1. The number of nitrogens with zero attached hydrogens (tertiary/aromatic N) is 5. The fourth-order valence-electron chi connectivity index (χ4n) is 5.20. The zero-order chi connectivity index (χ0) is 27.4. The highest BCUT2D eigenvalue weighted by Crippen LogP contribution is 2.48. The van der Waals surface area contributed by atoms with Crippen molar-refractivity contribution in [1.82, 2.24) is 19.1 Å². The van der Waals surface area contributed by atoms with E-state index in [9.17, 15) is 20.3 Å². The van der Waals surface area contributed by atoms with Crippen LogP contribution in [0.2, 0.25) is 25.7 Å². The van der Waals surface area contributed by atoms with E-state index in [4.69, 9.17) is 9.72 Å². The molecule has 0 aliphatic heterocycles. The third kappa shape index (κ3) is 4.62. The standard InChI is InChI=1S/C28H33N5O4Si/c1-17-12-21(19-6-7-19)23(20-8-9-32(24(17)20)27(34)35)28(2,36)26-31-22-13-18(14-29)15-30-25(22)33(26)16-37-10-11-38(3,4)5/h8-9,12-13,15,19,36H,6-7,10-11,16H2,1-5H3,(H,34,35). The number of aliphatic hydroxyl groups is 1. The van der Waals surface area contributed by atoms with Crippen LogP contribution in [0, 0.1) is 18.3 Å². The lowest BCUT2D eigenvalue weighted by Crippen LogP contribution is -2.30. The van der Waals surface area contributed by atoms with Crippen LogP contribution in [-0.2, 0) is 17.1 Å². The summed E-state index contributed by atoms with van der Waals surface area (Å²) < 4.78 is 9.06. The molecular formula is C28H33N5O4Si. The van der Waals surface area contributed by atoms with Crippen LogP contribution in [-0.4, -0.2) is 50.1 Å². The fourth-order valence-corrected chi connectivity index (χ4v) is 5.95. The number of imidazole rings is 1. The maximum atomic E-state index is 12.4. The highest BCUT2D eigenvalue weighted by Gasteiger charge is 2.40. The van der Waals surface area contributed by atoms with Crippen molar-refractivity contribution in [3.63, 3.8) is 0 Å². The first-order valence-corrected chi connectivity index (χ1v) is 16.6. The highest BCUT2D eigenvalue weighted by atomic mass is 28.3. The lowest BCUT2D eigenvalue weighted by molar-refractivity contribution is 0.0564. The quantitative estimate of drug-likeness (QED) is 0.226. The minimum absolute atomic E-state index is 0.148. The van der Waals surface area contributed by atoms with E-state index in [-0.39, 0.29) is 6.73 Å². The van der Waals surface area contributed by atoms with Crippen molar-refractivity contribution in [2.75, 3.05) is 6.61 Å². The molecule has 1 aromatic carbocycles. The first kappa shape index (κ1) is 26.1. The summed E-state index contributed by atoms with van der Waals surface area (Å²) >= 11 is 0.